The van der Waals surface area contributed by atoms with E-state index in [-0.39, 0.29) is 13.0 Å². The van der Waals surface area contributed by atoms with E-state index in [9.17, 15) is 19.8 Å². The van der Waals surface area contributed by atoms with Gasteiger partial charge in [-0.2, -0.15) is 0 Å². The molecule has 3 atom stereocenters. The minimum Gasteiger partial charge on any atom is -0.481 e. The zero-order valence-corrected chi connectivity index (χ0v) is 15.3. The average Bonchev–Trinajstić information content (AvgIpc) is 2.83. The van der Waals surface area contributed by atoms with Crippen LogP contribution >= 0.6 is 0 Å². The van der Waals surface area contributed by atoms with Crippen LogP contribution in [0.25, 0.3) is 0 Å². The first kappa shape index (κ1) is 19.0. The Morgan fingerprint density at radius 3 is 2.42 bits per heavy atom. The van der Waals surface area contributed by atoms with Gasteiger partial charge in [0, 0.05) is 13.1 Å². The Morgan fingerprint density at radius 1 is 1.17 bits per heavy atom. The first-order valence-electron chi connectivity index (χ1n) is 8.93. The Labute approximate surface area is 144 Å². The number of ether oxygens (including phenoxy) is 1. The van der Waals surface area contributed by atoms with Crippen molar-refractivity contribution in [1.29, 1.82) is 0 Å². The summed E-state index contributed by atoms with van der Waals surface area (Å²) in [7, 11) is 0. The summed E-state index contributed by atoms with van der Waals surface area (Å²) in [6.07, 6.45) is 3.36. The highest BCUT2D eigenvalue weighted by molar-refractivity contribution is 5.79. The van der Waals surface area contributed by atoms with E-state index in [2.05, 4.69) is 6.92 Å². The van der Waals surface area contributed by atoms with Gasteiger partial charge in [-0.1, -0.05) is 19.8 Å². The Morgan fingerprint density at radius 2 is 1.83 bits per heavy atom. The molecular formula is C18H31NO5. The van der Waals surface area contributed by atoms with Gasteiger partial charge in [-0.15, -0.1) is 0 Å². The van der Waals surface area contributed by atoms with Gasteiger partial charge in [0.05, 0.1) is 5.60 Å². The maximum absolute atomic E-state index is 12.3. The zero-order chi connectivity index (χ0) is 18.2. The van der Waals surface area contributed by atoms with Crippen LogP contribution in [0.4, 0.5) is 4.79 Å². The topological polar surface area (TPSA) is 87.1 Å². The predicted octanol–water partition coefficient (Wildman–Crippen LogP) is 3.03. The van der Waals surface area contributed by atoms with Crippen molar-refractivity contribution in [3.63, 3.8) is 0 Å². The molecule has 2 rings (SSSR count). The van der Waals surface area contributed by atoms with E-state index < -0.39 is 28.7 Å². The lowest BCUT2D eigenvalue weighted by Gasteiger charge is -2.41. The van der Waals surface area contributed by atoms with Crippen LogP contribution in [-0.4, -0.2) is 51.5 Å². The number of hydrogen-bond acceptors (Lipinski definition) is 4. The highest BCUT2D eigenvalue weighted by Gasteiger charge is 2.60. The Bertz CT molecular complexity index is 500. The second-order valence-electron chi connectivity index (χ2n) is 8.61. The van der Waals surface area contributed by atoms with Crippen molar-refractivity contribution in [1.82, 2.24) is 4.90 Å². The van der Waals surface area contributed by atoms with Crippen molar-refractivity contribution in [2.45, 2.75) is 77.4 Å². The van der Waals surface area contributed by atoms with Crippen molar-refractivity contribution < 1.29 is 24.5 Å². The van der Waals surface area contributed by atoms with Gasteiger partial charge in [0.15, 0.2) is 0 Å². The molecule has 0 aromatic carbocycles. The van der Waals surface area contributed by atoms with Crippen molar-refractivity contribution >= 4 is 12.1 Å². The van der Waals surface area contributed by atoms with E-state index >= 15 is 0 Å². The largest absolute Gasteiger partial charge is 0.481 e. The molecule has 1 aliphatic heterocycles. The fourth-order valence-corrected chi connectivity index (χ4v) is 4.02. The summed E-state index contributed by atoms with van der Waals surface area (Å²) in [5.41, 5.74) is -3.19. The van der Waals surface area contributed by atoms with Crippen LogP contribution in [0.3, 0.4) is 0 Å². The molecule has 1 aliphatic carbocycles. The van der Waals surface area contributed by atoms with Crippen LogP contribution in [0.15, 0.2) is 0 Å². The number of rotatable bonds is 2. The van der Waals surface area contributed by atoms with Crippen molar-refractivity contribution in [2.75, 3.05) is 13.1 Å². The lowest BCUT2D eigenvalue weighted by molar-refractivity contribution is -0.170. The van der Waals surface area contributed by atoms with Gasteiger partial charge in [-0.05, 0) is 52.4 Å². The van der Waals surface area contributed by atoms with Crippen LogP contribution in [0.2, 0.25) is 0 Å². The molecule has 0 radical (unpaired) electrons. The van der Waals surface area contributed by atoms with E-state index in [1.54, 1.807) is 20.8 Å². The Hall–Kier alpha value is -1.30. The summed E-state index contributed by atoms with van der Waals surface area (Å²) >= 11 is 0. The zero-order valence-electron chi connectivity index (χ0n) is 15.3. The van der Waals surface area contributed by atoms with Gasteiger partial charge in [-0.25, -0.2) is 4.79 Å². The minimum atomic E-state index is -1.30. The number of carbonyl (C=O) groups is 2. The molecule has 2 N–H and O–H groups in total. The second kappa shape index (κ2) is 6.54. The van der Waals surface area contributed by atoms with Crippen LogP contribution in [0, 0.1) is 11.3 Å². The SMILES string of the molecule is CC1CCCC(O)(C2(C(=O)O)CCN(C(=O)OC(C)(C)C)C2)CC1. The standard InChI is InChI=1S/C18H31NO5/c1-13-6-5-8-18(23,9-7-13)17(14(20)21)10-11-19(12-17)15(22)24-16(2,3)4/h13,23H,5-12H2,1-4H3,(H,20,21). The van der Waals surface area contributed by atoms with E-state index in [0.717, 1.165) is 19.3 Å². The van der Waals surface area contributed by atoms with Gasteiger partial charge in [0.2, 0.25) is 0 Å². The van der Waals surface area contributed by atoms with Gasteiger partial charge < -0.3 is 19.8 Å². The summed E-state index contributed by atoms with van der Waals surface area (Å²) < 4.78 is 5.37. The number of hydrogen-bond donors (Lipinski definition) is 2. The minimum absolute atomic E-state index is 0.0160. The maximum atomic E-state index is 12.3. The molecule has 1 amide bonds. The summed E-state index contributed by atoms with van der Waals surface area (Å²) in [6, 6.07) is 0. The molecule has 0 aromatic rings. The number of aliphatic carboxylic acids is 1. The molecule has 0 spiro atoms. The monoisotopic (exact) mass is 341 g/mol. The molecule has 0 bridgehead atoms. The smallest absolute Gasteiger partial charge is 0.410 e. The normalized spacial score (nSPS) is 34.7. The summed E-state index contributed by atoms with van der Waals surface area (Å²) in [5.74, 6) is -0.515. The molecule has 138 valence electrons. The first-order valence-corrected chi connectivity index (χ1v) is 8.93. The lowest BCUT2D eigenvalue weighted by atomic mass is 9.67. The molecule has 2 fully saturated rings. The number of aliphatic hydroxyl groups is 1. The summed E-state index contributed by atoms with van der Waals surface area (Å²) in [4.78, 5) is 25.9. The molecule has 1 saturated carbocycles. The van der Waals surface area contributed by atoms with Gasteiger partial charge in [0.1, 0.15) is 11.0 Å². The third-order valence-corrected chi connectivity index (χ3v) is 5.56. The summed E-state index contributed by atoms with van der Waals surface area (Å²) in [5, 5.41) is 21.2. The van der Waals surface area contributed by atoms with Crippen molar-refractivity contribution in [2.24, 2.45) is 11.3 Å². The van der Waals surface area contributed by atoms with Crippen LogP contribution < -0.4 is 0 Å². The molecule has 3 unspecified atom stereocenters. The maximum Gasteiger partial charge on any atom is 0.410 e. The second-order valence-corrected chi connectivity index (χ2v) is 8.61. The summed E-state index contributed by atoms with van der Waals surface area (Å²) in [6.45, 7) is 7.81. The molecule has 6 heteroatoms. The Balaban J connectivity index is 2.21. The highest BCUT2D eigenvalue weighted by atomic mass is 16.6. The predicted molar refractivity (Wildman–Crippen MR) is 89.7 cm³/mol. The third kappa shape index (κ3) is 3.68. The number of carbonyl (C=O) groups excluding carboxylic acids is 1. The number of carboxylic acid groups (broad SMARTS) is 1. The number of amides is 1. The number of carboxylic acids is 1. The first-order chi connectivity index (χ1) is 11.0. The van der Waals surface area contributed by atoms with Crippen LogP contribution in [-0.2, 0) is 9.53 Å². The highest BCUT2D eigenvalue weighted by Crippen LogP contribution is 2.48. The number of nitrogens with zero attached hydrogens (tertiary/aromatic N) is 1. The molecule has 0 aromatic heterocycles. The number of likely N-dealkylation sites (tertiary alicyclic amines) is 1. The molecule has 2 aliphatic rings. The van der Waals surface area contributed by atoms with E-state index in [4.69, 9.17) is 4.74 Å². The van der Waals surface area contributed by atoms with Gasteiger partial charge in [-0.3, -0.25) is 4.79 Å². The van der Waals surface area contributed by atoms with Crippen LogP contribution in [0.1, 0.15) is 66.2 Å². The Kier molecular flexibility index (Phi) is 5.19. The molecular weight excluding hydrogens is 310 g/mol. The fourth-order valence-electron chi connectivity index (χ4n) is 4.02. The fraction of sp³-hybridized carbons (Fsp3) is 0.889. The van der Waals surface area contributed by atoms with Crippen molar-refractivity contribution in [3.8, 4) is 0 Å². The molecule has 24 heavy (non-hydrogen) atoms. The molecule has 6 nitrogen and oxygen atoms in total. The van der Waals surface area contributed by atoms with E-state index in [0.29, 0.717) is 25.3 Å². The van der Waals surface area contributed by atoms with E-state index in [1.165, 1.54) is 4.90 Å². The lowest BCUT2D eigenvalue weighted by Crippen LogP contribution is -2.55. The molecule has 1 saturated heterocycles. The van der Waals surface area contributed by atoms with Crippen LogP contribution in [0.5, 0.6) is 0 Å². The van der Waals surface area contributed by atoms with E-state index in [1.807, 2.05) is 0 Å². The van der Waals surface area contributed by atoms with Gasteiger partial charge >= 0.3 is 12.1 Å². The average molecular weight is 341 g/mol. The third-order valence-electron chi connectivity index (χ3n) is 5.56. The van der Waals surface area contributed by atoms with Gasteiger partial charge in [0.25, 0.3) is 0 Å². The van der Waals surface area contributed by atoms with Crippen molar-refractivity contribution in [3.05, 3.63) is 0 Å². The molecule has 1 heterocycles. The quantitative estimate of drug-likeness (QED) is 0.754.